The molecule has 1 aliphatic rings. The van der Waals surface area contributed by atoms with E-state index >= 15 is 0 Å². The van der Waals surface area contributed by atoms with Gasteiger partial charge >= 0.3 is 0 Å². The fourth-order valence-corrected chi connectivity index (χ4v) is 3.75. The number of aromatic nitrogens is 2. The Hall–Kier alpha value is -2.22. The standard InChI is InChI=1S/C13H15N5O2S/c1-6-10(12(20)17-15-6)16-18-13-9(11(14)19)7-4-2-3-5-8(7)21-13/h2-5H2,1H3,(H2,14,19)(H2,15,17,20). The molecule has 0 spiro atoms. The molecular formula is C13H15N5O2S. The van der Waals surface area contributed by atoms with Crippen LogP contribution in [0.5, 0.6) is 0 Å². The van der Waals surface area contributed by atoms with Crippen molar-refractivity contribution in [3.63, 3.8) is 0 Å². The summed E-state index contributed by atoms with van der Waals surface area (Å²) in [6.45, 7) is 1.72. The molecule has 0 aromatic carbocycles. The molecule has 0 bridgehead atoms. The lowest BCUT2D eigenvalue weighted by molar-refractivity contribution is 0.1000. The number of H-pyrrole nitrogens is 2. The van der Waals surface area contributed by atoms with E-state index in [-0.39, 0.29) is 11.2 Å². The van der Waals surface area contributed by atoms with Gasteiger partial charge in [-0.2, -0.15) is 0 Å². The summed E-state index contributed by atoms with van der Waals surface area (Å²) in [6.07, 6.45) is 3.96. The lowest BCUT2D eigenvalue weighted by Crippen LogP contribution is -2.14. The minimum Gasteiger partial charge on any atom is -0.365 e. The lowest BCUT2D eigenvalue weighted by atomic mass is 9.95. The lowest BCUT2D eigenvalue weighted by Gasteiger charge is -2.10. The molecule has 2 heterocycles. The summed E-state index contributed by atoms with van der Waals surface area (Å²) in [6, 6.07) is 0. The summed E-state index contributed by atoms with van der Waals surface area (Å²) in [7, 11) is 0. The highest BCUT2D eigenvalue weighted by molar-refractivity contribution is 7.16. The molecule has 0 radical (unpaired) electrons. The number of nitrogens with zero attached hydrogens (tertiary/aromatic N) is 2. The quantitative estimate of drug-likeness (QED) is 0.755. The van der Waals surface area contributed by atoms with Crippen molar-refractivity contribution in [1.29, 1.82) is 0 Å². The van der Waals surface area contributed by atoms with Crippen molar-refractivity contribution in [2.45, 2.75) is 32.6 Å². The number of nitrogens with one attached hydrogen (secondary N) is 2. The van der Waals surface area contributed by atoms with Crippen molar-refractivity contribution in [1.82, 2.24) is 10.2 Å². The molecule has 110 valence electrons. The van der Waals surface area contributed by atoms with Gasteiger partial charge in [0, 0.05) is 4.88 Å². The van der Waals surface area contributed by atoms with Crippen LogP contribution in [0.2, 0.25) is 0 Å². The van der Waals surface area contributed by atoms with Gasteiger partial charge in [0.1, 0.15) is 0 Å². The van der Waals surface area contributed by atoms with Crippen LogP contribution < -0.4 is 11.3 Å². The molecule has 1 amide bonds. The highest BCUT2D eigenvalue weighted by Crippen LogP contribution is 2.40. The Balaban J connectivity index is 2.05. The minimum absolute atomic E-state index is 0.219. The Morgan fingerprint density at radius 2 is 2.00 bits per heavy atom. The topological polar surface area (TPSA) is 116 Å². The van der Waals surface area contributed by atoms with Crippen LogP contribution in [0, 0.1) is 6.92 Å². The van der Waals surface area contributed by atoms with Crippen LogP contribution in [-0.4, -0.2) is 16.1 Å². The third-order valence-corrected chi connectivity index (χ3v) is 4.75. The monoisotopic (exact) mass is 305 g/mol. The van der Waals surface area contributed by atoms with Crippen molar-refractivity contribution in [2.75, 3.05) is 0 Å². The Morgan fingerprint density at radius 3 is 2.67 bits per heavy atom. The number of rotatable bonds is 3. The van der Waals surface area contributed by atoms with Crippen LogP contribution in [-0.2, 0) is 12.8 Å². The van der Waals surface area contributed by atoms with Gasteiger partial charge in [-0.1, -0.05) is 0 Å². The first-order chi connectivity index (χ1) is 10.1. The summed E-state index contributed by atoms with van der Waals surface area (Å²) >= 11 is 1.44. The summed E-state index contributed by atoms with van der Waals surface area (Å²) < 4.78 is 0. The maximum absolute atomic E-state index is 11.7. The summed E-state index contributed by atoms with van der Waals surface area (Å²) in [5.41, 5.74) is 7.44. The third kappa shape index (κ3) is 2.42. The van der Waals surface area contributed by atoms with Gasteiger partial charge in [0.25, 0.3) is 11.5 Å². The molecule has 0 aliphatic heterocycles. The fourth-order valence-electron chi connectivity index (χ4n) is 2.53. The number of fused-ring (bicyclic) bond motifs is 1. The molecular weight excluding hydrogens is 290 g/mol. The SMILES string of the molecule is Cc1[nH][nH]c(=O)c1N=Nc1sc2c(c1C(N)=O)CCCC2. The van der Waals surface area contributed by atoms with E-state index < -0.39 is 5.91 Å². The number of aromatic amines is 2. The van der Waals surface area contributed by atoms with Gasteiger partial charge in [0.2, 0.25) is 0 Å². The number of hydrogen-bond acceptors (Lipinski definition) is 5. The molecule has 4 N–H and O–H groups in total. The number of thiophene rings is 1. The number of amides is 1. The Labute approximate surface area is 124 Å². The zero-order valence-electron chi connectivity index (χ0n) is 11.5. The Kier molecular flexibility index (Phi) is 3.46. The van der Waals surface area contributed by atoms with Gasteiger partial charge < -0.3 is 10.8 Å². The average molecular weight is 305 g/mol. The second kappa shape index (κ2) is 5.28. The van der Waals surface area contributed by atoms with Crippen molar-refractivity contribution in [2.24, 2.45) is 16.0 Å². The van der Waals surface area contributed by atoms with Gasteiger partial charge in [0.15, 0.2) is 10.7 Å². The number of aryl methyl sites for hydroxylation is 2. The second-order valence-corrected chi connectivity index (χ2v) is 6.09. The molecule has 0 unspecified atom stereocenters. The maximum Gasteiger partial charge on any atom is 0.291 e. The predicted octanol–water partition coefficient (Wildman–Crippen LogP) is 2.47. The van der Waals surface area contributed by atoms with E-state index in [0.29, 0.717) is 16.3 Å². The summed E-state index contributed by atoms with van der Waals surface area (Å²) in [4.78, 5) is 24.4. The second-order valence-electron chi connectivity index (χ2n) is 5.01. The van der Waals surface area contributed by atoms with Crippen LogP contribution in [0.15, 0.2) is 15.0 Å². The van der Waals surface area contributed by atoms with E-state index in [4.69, 9.17) is 5.73 Å². The van der Waals surface area contributed by atoms with Crippen molar-refractivity contribution >= 4 is 27.9 Å². The first-order valence-electron chi connectivity index (χ1n) is 6.71. The molecule has 7 nitrogen and oxygen atoms in total. The number of primary amides is 1. The van der Waals surface area contributed by atoms with Crippen molar-refractivity contribution in [3.05, 3.63) is 32.1 Å². The fraction of sp³-hybridized carbons (Fsp3) is 0.385. The number of nitrogens with two attached hydrogens (primary N) is 1. The molecule has 3 rings (SSSR count). The van der Waals surface area contributed by atoms with E-state index in [1.165, 1.54) is 11.3 Å². The zero-order chi connectivity index (χ0) is 15.0. The van der Waals surface area contributed by atoms with Crippen LogP contribution in [0.3, 0.4) is 0 Å². The van der Waals surface area contributed by atoms with Crippen LogP contribution >= 0.6 is 11.3 Å². The zero-order valence-corrected chi connectivity index (χ0v) is 12.3. The number of azo groups is 1. The van der Waals surface area contributed by atoms with Crippen molar-refractivity contribution in [3.8, 4) is 0 Å². The van der Waals surface area contributed by atoms with E-state index in [9.17, 15) is 9.59 Å². The third-order valence-electron chi connectivity index (χ3n) is 3.57. The average Bonchev–Trinajstić information content (AvgIpc) is 2.97. The van der Waals surface area contributed by atoms with E-state index in [1.807, 2.05) is 0 Å². The highest BCUT2D eigenvalue weighted by atomic mass is 32.1. The van der Waals surface area contributed by atoms with Crippen molar-refractivity contribution < 1.29 is 4.79 Å². The maximum atomic E-state index is 11.7. The van der Waals surface area contributed by atoms with Crippen LogP contribution in [0.25, 0.3) is 0 Å². The molecule has 0 atom stereocenters. The summed E-state index contributed by atoms with van der Waals surface area (Å²) in [5, 5.41) is 13.7. The molecule has 2 aromatic heterocycles. The van der Waals surface area contributed by atoms with Gasteiger partial charge in [0.05, 0.1) is 11.3 Å². The first kappa shape index (κ1) is 13.7. The normalized spacial score (nSPS) is 14.5. The molecule has 0 saturated heterocycles. The van der Waals surface area contributed by atoms with Crippen LogP contribution in [0.4, 0.5) is 10.7 Å². The first-order valence-corrected chi connectivity index (χ1v) is 7.53. The minimum atomic E-state index is -0.483. The Morgan fingerprint density at radius 1 is 1.24 bits per heavy atom. The van der Waals surface area contributed by atoms with Gasteiger partial charge in [-0.25, -0.2) is 0 Å². The largest absolute Gasteiger partial charge is 0.365 e. The predicted molar refractivity (Wildman–Crippen MR) is 79.8 cm³/mol. The van der Waals surface area contributed by atoms with E-state index in [0.717, 1.165) is 36.1 Å². The summed E-state index contributed by atoms with van der Waals surface area (Å²) in [5.74, 6) is -0.483. The number of carbonyl (C=O) groups excluding carboxylic acids is 1. The number of carbonyl (C=O) groups is 1. The van der Waals surface area contributed by atoms with Gasteiger partial charge in [-0.15, -0.1) is 21.6 Å². The van der Waals surface area contributed by atoms with Gasteiger partial charge in [-0.3, -0.25) is 14.7 Å². The number of hydrogen-bond donors (Lipinski definition) is 3. The smallest absolute Gasteiger partial charge is 0.291 e. The molecule has 1 aliphatic carbocycles. The highest BCUT2D eigenvalue weighted by Gasteiger charge is 2.24. The molecule has 21 heavy (non-hydrogen) atoms. The molecule has 2 aromatic rings. The Bertz CT molecular complexity index is 783. The van der Waals surface area contributed by atoms with Gasteiger partial charge in [-0.05, 0) is 38.2 Å². The van der Waals surface area contributed by atoms with E-state index in [1.54, 1.807) is 6.92 Å². The molecule has 0 saturated carbocycles. The van der Waals surface area contributed by atoms with E-state index in [2.05, 4.69) is 20.4 Å². The molecule has 8 heteroatoms. The van der Waals surface area contributed by atoms with Crippen LogP contribution in [0.1, 0.15) is 39.3 Å². The molecule has 0 fully saturated rings.